The fraction of sp³-hybridized carbons (Fsp3) is 0.588. The zero-order chi connectivity index (χ0) is 15.5. The molecule has 1 aliphatic carbocycles. The molecule has 0 unspecified atom stereocenters. The molecule has 2 fully saturated rings. The van der Waals surface area contributed by atoms with Gasteiger partial charge in [-0.3, -0.25) is 4.68 Å². The van der Waals surface area contributed by atoms with E-state index in [0.717, 1.165) is 28.8 Å². The predicted octanol–water partition coefficient (Wildman–Crippen LogP) is 2.75. The second kappa shape index (κ2) is 4.59. The van der Waals surface area contributed by atoms with Gasteiger partial charge in [0.05, 0.1) is 16.7 Å². The molecule has 0 bridgehead atoms. The van der Waals surface area contributed by atoms with Gasteiger partial charge in [0.1, 0.15) is 0 Å². The molecule has 2 heterocycles. The molecular formula is C17H23BN2O2. The first-order chi connectivity index (χ1) is 10.3. The minimum atomic E-state index is -0.304. The van der Waals surface area contributed by atoms with Crippen molar-refractivity contribution < 1.29 is 9.31 Å². The topological polar surface area (TPSA) is 36.3 Å². The van der Waals surface area contributed by atoms with Crippen molar-refractivity contribution in [2.45, 2.75) is 58.3 Å². The molecular weight excluding hydrogens is 275 g/mol. The van der Waals surface area contributed by atoms with Gasteiger partial charge in [-0.05, 0) is 58.0 Å². The van der Waals surface area contributed by atoms with Crippen molar-refractivity contribution in [3.05, 3.63) is 24.4 Å². The minimum absolute atomic E-state index is 0.303. The predicted molar refractivity (Wildman–Crippen MR) is 88.2 cm³/mol. The van der Waals surface area contributed by atoms with Gasteiger partial charge in [0.2, 0.25) is 0 Å². The third kappa shape index (κ3) is 2.36. The number of fused-ring (bicyclic) bond motifs is 1. The molecule has 1 aromatic carbocycles. The van der Waals surface area contributed by atoms with E-state index in [2.05, 4.69) is 61.9 Å². The van der Waals surface area contributed by atoms with Crippen LogP contribution in [0.25, 0.3) is 10.9 Å². The lowest BCUT2D eigenvalue weighted by atomic mass is 9.79. The lowest BCUT2D eigenvalue weighted by molar-refractivity contribution is 0.00578. The number of rotatable bonds is 3. The van der Waals surface area contributed by atoms with Gasteiger partial charge in [-0.1, -0.05) is 12.1 Å². The molecule has 0 spiro atoms. The number of nitrogens with zero attached hydrogens (tertiary/aromatic N) is 2. The number of benzene rings is 1. The third-order valence-corrected chi connectivity index (χ3v) is 5.24. The van der Waals surface area contributed by atoms with Crippen molar-refractivity contribution in [3.63, 3.8) is 0 Å². The van der Waals surface area contributed by atoms with Crippen molar-refractivity contribution >= 4 is 23.5 Å². The van der Waals surface area contributed by atoms with E-state index in [1.54, 1.807) is 0 Å². The van der Waals surface area contributed by atoms with E-state index in [-0.39, 0.29) is 18.3 Å². The fourth-order valence-electron chi connectivity index (χ4n) is 2.88. The Kier molecular flexibility index (Phi) is 2.98. The summed E-state index contributed by atoms with van der Waals surface area (Å²) in [4.78, 5) is 0. The molecule has 1 saturated heterocycles. The summed E-state index contributed by atoms with van der Waals surface area (Å²) in [5, 5.41) is 5.81. The summed E-state index contributed by atoms with van der Waals surface area (Å²) in [5.41, 5.74) is 1.50. The first kappa shape index (κ1) is 14.3. The molecule has 5 heteroatoms. The molecule has 0 N–H and O–H groups in total. The van der Waals surface area contributed by atoms with Crippen LogP contribution in [0.2, 0.25) is 0 Å². The van der Waals surface area contributed by atoms with Crippen molar-refractivity contribution in [3.8, 4) is 0 Å². The molecule has 0 amide bonds. The monoisotopic (exact) mass is 298 g/mol. The summed E-state index contributed by atoms with van der Waals surface area (Å²) >= 11 is 0. The molecule has 1 saturated carbocycles. The molecule has 4 nitrogen and oxygen atoms in total. The number of hydrogen-bond acceptors (Lipinski definition) is 3. The van der Waals surface area contributed by atoms with Crippen molar-refractivity contribution in [2.75, 3.05) is 0 Å². The van der Waals surface area contributed by atoms with Crippen molar-refractivity contribution in [2.24, 2.45) is 5.92 Å². The summed E-state index contributed by atoms with van der Waals surface area (Å²) < 4.78 is 14.3. The Hall–Kier alpha value is -1.33. The Bertz CT molecular complexity index is 703. The third-order valence-electron chi connectivity index (χ3n) is 5.24. The SMILES string of the molecule is CC1(C)OB(c2ccc3nn(CC4CC4)cc3c2)OC1(C)C. The lowest BCUT2D eigenvalue weighted by Crippen LogP contribution is -2.41. The second-order valence-corrected chi connectivity index (χ2v) is 7.70. The van der Waals surface area contributed by atoms with E-state index in [1.165, 1.54) is 12.8 Å². The molecule has 2 aromatic rings. The average molecular weight is 298 g/mol. The van der Waals surface area contributed by atoms with E-state index in [1.807, 2.05) is 0 Å². The lowest BCUT2D eigenvalue weighted by Gasteiger charge is -2.32. The molecule has 116 valence electrons. The maximum Gasteiger partial charge on any atom is 0.494 e. The van der Waals surface area contributed by atoms with Gasteiger partial charge in [-0.2, -0.15) is 5.10 Å². The summed E-state index contributed by atoms with van der Waals surface area (Å²) in [6, 6.07) is 6.28. The van der Waals surface area contributed by atoms with Crippen LogP contribution < -0.4 is 5.46 Å². The van der Waals surface area contributed by atoms with Gasteiger partial charge in [0.25, 0.3) is 0 Å². The molecule has 4 rings (SSSR count). The minimum Gasteiger partial charge on any atom is -0.399 e. The van der Waals surface area contributed by atoms with Gasteiger partial charge < -0.3 is 9.31 Å². The highest BCUT2D eigenvalue weighted by molar-refractivity contribution is 6.62. The standard InChI is InChI=1S/C17H23BN2O2/c1-16(2)17(3,4)22-18(21-16)14-7-8-15-13(9-14)11-20(19-15)10-12-5-6-12/h7-9,11-12H,5-6,10H2,1-4H3. The zero-order valence-corrected chi connectivity index (χ0v) is 13.8. The van der Waals surface area contributed by atoms with Crippen LogP contribution in [0.5, 0.6) is 0 Å². The van der Waals surface area contributed by atoms with E-state index >= 15 is 0 Å². The summed E-state index contributed by atoms with van der Waals surface area (Å²) in [6.07, 6.45) is 4.83. The van der Waals surface area contributed by atoms with Gasteiger partial charge in [0.15, 0.2) is 0 Å². The van der Waals surface area contributed by atoms with Crippen molar-refractivity contribution in [1.82, 2.24) is 9.78 Å². The van der Waals surface area contributed by atoms with E-state index < -0.39 is 0 Å². The van der Waals surface area contributed by atoms with E-state index in [0.29, 0.717) is 0 Å². The Morgan fingerprint density at radius 2 is 1.86 bits per heavy atom. The van der Waals surface area contributed by atoms with Gasteiger partial charge in [0, 0.05) is 18.1 Å². The fourth-order valence-corrected chi connectivity index (χ4v) is 2.88. The first-order valence-electron chi connectivity index (χ1n) is 8.17. The van der Waals surface area contributed by atoms with Gasteiger partial charge in [-0.25, -0.2) is 0 Å². The highest BCUT2D eigenvalue weighted by atomic mass is 16.7. The van der Waals surface area contributed by atoms with Crippen LogP contribution >= 0.6 is 0 Å². The van der Waals surface area contributed by atoms with E-state index in [9.17, 15) is 0 Å². The van der Waals surface area contributed by atoms with Crippen LogP contribution in [0.4, 0.5) is 0 Å². The van der Waals surface area contributed by atoms with Crippen molar-refractivity contribution in [1.29, 1.82) is 0 Å². The zero-order valence-electron chi connectivity index (χ0n) is 13.8. The van der Waals surface area contributed by atoms with Crippen LogP contribution in [-0.2, 0) is 15.9 Å². The summed E-state index contributed by atoms with van der Waals surface area (Å²) in [7, 11) is -0.304. The van der Waals surface area contributed by atoms with Crippen LogP contribution in [0.1, 0.15) is 40.5 Å². The van der Waals surface area contributed by atoms with Crippen LogP contribution in [0, 0.1) is 5.92 Å². The average Bonchev–Trinajstić information content (AvgIpc) is 3.08. The highest BCUT2D eigenvalue weighted by Gasteiger charge is 2.51. The second-order valence-electron chi connectivity index (χ2n) is 7.70. The Morgan fingerprint density at radius 1 is 1.18 bits per heavy atom. The summed E-state index contributed by atoms with van der Waals surface area (Å²) in [5.74, 6) is 0.830. The smallest absolute Gasteiger partial charge is 0.399 e. The Morgan fingerprint density at radius 3 is 2.50 bits per heavy atom. The first-order valence-corrected chi connectivity index (χ1v) is 8.17. The molecule has 0 radical (unpaired) electrons. The normalized spacial score (nSPS) is 23.4. The Balaban J connectivity index is 1.62. The molecule has 22 heavy (non-hydrogen) atoms. The van der Waals surface area contributed by atoms with Crippen LogP contribution in [0.3, 0.4) is 0 Å². The highest BCUT2D eigenvalue weighted by Crippen LogP contribution is 2.36. The Labute approximate surface area is 131 Å². The maximum atomic E-state index is 6.13. The molecule has 2 aliphatic rings. The molecule has 1 aliphatic heterocycles. The van der Waals surface area contributed by atoms with Crippen LogP contribution in [-0.4, -0.2) is 28.1 Å². The molecule has 0 atom stereocenters. The number of aromatic nitrogens is 2. The van der Waals surface area contributed by atoms with Gasteiger partial charge in [-0.15, -0.1) is 0 Å². The maximum absolute atomic E-state index is 6.13. The summed E-state index contributed by atoms with van der Waals surface area (Å²) in [6.45, 7) is 9.37. The largest absolute Gasteiger partial charge is 0.494 e. The van der Waals surface area contributed by atoms with E-state index in [4.69, 9.17) is 9.31 Å². The van der Waals surface area contributed by atoms with Crippen LogP contribution in [0.15, 0.2) is 24.4 Å². The molecule has 1 aromatic heterocycles. The quantitative estimate of drug-likeness (QED) is 0.818. The number of hydrogen-bond donors (Lipinski definition) is 0. The van der Waals surface area contributed by atoms with Gasteiger partial charge >= 0.3 is 7.12 Å².